The van der Waals surface area contributed by atoms with Gasteiger partial charge in [-0.25, -0.2) is 4.39 Å². The number of hydrogen-bond donors (Lipinski definition) is 3. The summed E-state index contributed by atoms with van der Waals surface area (Å²) in [6.45, 7) is 0.949. The number of carbonyl (C=O) groups excluding carboxylic acids is 1. The summed E-state index contributed by atoms with van der Waals surface area (Å²) < 4.78 is 13.5. The summed E-state index contributed by atoms with van der Waals surface area (Å²) in [6.07, 6.45) is 0.360. The zero-order chi connectivity index (χ0) is 13.8. The third kappa shape index (κ3) is 3.28. The lowest BCUT2D eigenvalue weighted by Crippen LogP contribution is -2.53. The summed E-state index contributed by atoms with van der Waals surface area (Å²) >= 11 is 3.15. The molecule has 0 aliphatic heterocycles. The van der Waals surface area contributed by atoms with Crippen molar-refractivity contribution in [3.05, 3.63) is 34.1 Å². The van der Waals surface area contributed by atoms with Gasteiger partial charge < -0.3 is 15.5 Å². The molecule has 0 fully saturated rings. The summed E-state index contributed by atoms with van der Waals surface area (Å²) in [5.74, 6) is -1.08. The zero-order valence-electron chi connectivity index (χ0n) is 9.91. The molecule has 0 radical (unpaired) electrons. The van der Waals surface area contributed by atoms with Crippen LogP contribution >= 0.6 is 15.9 Å². The van der Waals surface area contributed by atoms with E-state index >= 15 is 0 Å². The largest absolute Gasteiger partial charge is 0.394 e. The number of halogens is 2. The molecule has 1 aromatic rings. The van der Waals surface area contributed by atoms with E-state index in [1.807, 2.05) is 0 Å². The highest BCUT2D eigenvalue weighted by atomic mass is 79.9. The number of aliphatic hydroxyl groups excluding tert-OH is 2. The minimum Gasteiger partial charge on any atom is -0.394 e. The fourth-order valence-corrected chi connectivity index (χ4v) is 1.85. The molecule has 0 aromatic heterocycles. The Morgan fingerprint density at radius 3 is 2.56 bits per heavy atom. The number of hydrogen-bond acceptors (Lipinski definition) is 3. The first-order chi connectivity index (χ1) is 8.48. The van der Waals surface area contributed by atoms with Crippen LogP contribution in [0.5, 0.6) is 0 Å². The van der Waals surface area contributed by atoms with Crippen LogP contribution in [0.4, 0.5) is 4.39 Å². The Hall–Kier alpha value is -0.980. The fourth-order valence-electron chi connectivity index (χ4n) is 1.42. The Labute approximate surface area is 113 Å². The quantitative estimate of drug-likeness (QED) is 0.769. The molecule has 0 bridgehead atoms. The van der Waals surface area contributed by atoms with E-state index in [-0.39, 0.29) is 5.56 Å². The molecule has 0 aliphatic carbocycles. The predicted octanol–water partition coefficient (Wildman–Crippen LogP) is 1.45. The first-order valence-electron chi connectivity index (χ1n) is 5.47. The van der Waals surface area contributed by atoms with Gasteiger partial charge >= 0.3 is 0 Å². The Morgan fingerprint density at radius 2 is 2.06 bits per heavy atom. The van der Waals surface area contributed by atoms with E-state index in [2.05, 4.69) is 21.2 Å². The maximum atomic E-state index is 13.1. The number of nitrogens with one attached hydrogen (secondary N) is 1. The average molecular weight is 320 g/mol. The third-order valence-corrected chi connectivity index (χ3v) is 3.53. The summed E-state index contributed by atoms with van der Waals surface area (Å²) in [5.41, 5.74) is -0.974. The molecule has 6 heteroatoms. The SMILES string of the molecule is CCC(CO)(CO)NC(=O)c1cc(F)ccc1Br. The van der Waals surface area contributed by atoms with Gasteiger partial charge in [0.15, 0.2) is 0 Å². The molecular formula is C12H15BrFNO3. The van der Waals surface area contributed by atoms with Crippen molar-refractivity contribution in [1.29, 1.82) is 0 Å². The van der Waals surface area contributed by atoms with Gasteiger partial charge in [-0.3, -0.25) is 4.79 Å². The number of aliphatic hydroxyl groups is 2. The molecule has 0 aliphatic rings. The highest BCUT2D eigenvalue weighted by molar-refractivity contribution is 9.10. The highest BCUT2D eigenvalue weighted by Crippen LogP contribution is 2.19. The monoisotopic (exact) mass is 319 g/mol. The molecule has 4 nitrogen and oxygen atoms in total. The number of carbonyl (C=O) groups is 1. The zero-order valence-corrected chi connectivity index (χ0v) is 11.5. The standard InChI is InChI=1S/C12H15BrFNO3/c1-2-12(6-16,7-17)15-11(18)9-5-8(14)3-4-10(9)13/h3-5,16-17H,2,6-7H2,1H3,(H,15,18). The number of rotatable bonds is 5. The maximum Gasteiger partial charge on any atom is 0.253 e. The van der Waals surface area contributed by atoms with Gasteiger partial charge in [0.25, 0.3) is 5.91 Å². The van der Waals surface area contributed by atoms with Crippen LogP contribution in [0, 0.1) is 5.82 Å². The van der Waals surface area contributed by atoms with Crippen LogP contribution < -0.4 is 5.32 Å². The van der Waals surface area contributed by atoms with Crippen molar-refractivity contribution < 1.29 is 19.4 Å². The normalized spacial score (nSPS) is 11.4. The van der Waals surface area contributed by atoms with Gasteiger partial charge in [0, 0.05) is 4.47 Å². The van der Waals surface area contributed by atoms with Crippen molar-refractivity contribution in [2.45, 2.75) is 18.9 Å². The van der Waals surface area contributed by atoms with Crippen LogP contribution in [0.1, 0.15) is 23.7 Å². The number of benzene rings is 1. The molecule has 18 heavy (non-hydrogen) atoms. The molecule has 1 aromatic carbocycles. The summed E-state index contributed by atoms with van der Waals surface area (Å²) in [7, 11) is 0. The Balaban J connectivity index is 2.97. The van der Waals surface area contributed by atoms with Gasteiger partial charge in [-0.15, -0.1) is 0 Å². The molecule has 0 heterocycles. The fraction of sp³-hybridized carbons (Fsp3) is 0.417. The second-order valence-electron chi connectivity index (χ2n) is 4.03. The molecule has 0 spiro atoms. The van der Waals surface area contributed by atoms with Crippen LogP contribution in [0.25, 0.3) is 0 Å². The molecule has 1 rings (SSSR count). The van der Waals surface area contributed by atoms with Gasteiger partial charge in [0.2, 0.25) is 0 Å². The Morgan fingerprint density at radius 1 is 1.44 bits per heavy atom. The summed E-state index contributed by atoms with van der Waals surface area (Å²) in [5, 5.41) is 21.0. The first kappa shape index (κ1) is 15.1. The topological polar surface area (TPSA) is 69.6 Å². The van der Waals surface area contributed by atoms with Gasteiger partial charge in [0.05, 0.1) is 24.3 Å². The number of amides is 1. The molecule has 0 unspecified atom stereocenters. The van der Waals surface area contributed by atoms with E-state index in [9.17, 15) is 19.4 Å². The smallest absolute Gasteiger partial charge is 0.253 e. The van der Waals surface area contributed by atoms with E-state index in [1.165, 1.54) is 12.1 Å². The van der Waals surface area contributed by atoms with Crippen molar-refractivity contribution in [3.8, 4) is 0 Å². The molecule has 3 N–H and O–H groups in total. The van der Waals surface area contributed by atoms with Crippen LogP contribution in [0.2, 0.25) is 0 Å². The Kier molecular flexibility index (Phi) is 5.25. The summed E-state index contributed by atoms with van der Waals surface area (Å²) in [6, 6.07) is 3.75. The van der Waals surface area contributed by atoms with E-state index < -0.39 is 30.5 Å². The van der Waals surface area contributed by atoms with E-state index in [4.69, 9.17) is 0 Å². The van der Waals surface area contributed by atoms with Gasteiger partial charge in [-0.2, -0.15) is 0 Å². The maximum absolute atomic E-state index is 13.1. The van der Waals surface area contributed by atoms with Gasteiger partial charge in [-0.1, -0.05) is 6.92 Å². The molecule has 0 atom stereocenters. The molecular weight excluding hydrogens is 305 g/mol. The van der Waals surface area contributed by atoms with Crippen molar-refractivity contribution in [3.63, 3.8) is 0 Å². The summed E-state index contributed by atoms with van der Waals surface area (Å²) in [4.78, 5) is 12.0. The van der Waals surface area contributed by atoms with Crippen LogP contribution in [0.15, 0.2) is 22.7 Å². The second-order valence-corrected chi connectivity index (χ2v) is 4.88. The average Bonchev–Trinajstić information content (AvgIpc) is 2.38. The molecule has 0 saturated carbocycles. The van der Waals surface area contributed by atoms with E-state index in [0.717, 1.165) is 6.07 Å². The molecule has 1 amide bonds. The van der Waals surface area contributed by atoms with Gasteiger partial charge in [0.1, 0.15) is 5.82 Å². The molecule has 100 valence electrons. The lowest BCUT2D eigenvalue weighted by Gasteiger charge is -2.29. The van der Waals surface area contributed by atoms with Crippen molar-refractivity contribution in [2.75, 3.05) is 13.2 Å². The predicted molar refractivity (Wildman–Crippen MR) is 68.8 cm³/mol. The van der Waals surface area contributed by atoms with Crippen LogP contribution in [-0.4, -0.2) is 34.9 Å². The lowest BCUT2D eigenvalue weighted by atomic mass is 9.98. The van der Waals surface area contributed by atoms with E-state index in [1.54, 1.807) is 6.92 Å². The molecule has 0 saturated heterocycles. The van der Waals surface area contributed by atoms with Crippen LogP contribution in [-0.2, 0) is 0 Å². The van der Waals surface area contributed by atoms with Crippen LogP contribution in [0.3, 0.4) is 0 Å². The minimum atomic E-state index is -1.09. The minimum absolute atomic E-state index is 0.120. The van der Waals surface area contributed by atoms with E-state index in [0.29, 0.717) is 10.9 Å². The third-order valence-electron chi connectivity index (χ3n) is 2.83. The van der Waals surface area contributed by atoms with Crippen molar-refractivity contribution in [2.24, 2.45) is 0 Å². The van der Waals surface area contributed by atoms with Crippen molar-refractivity contribution >= 4 is 21.8 Å². The Bertz CT molecular complexity index is 427. The lowest BCUT2D eigenvalue weighted by molar-refractivity contribution is 0.0652. The second kappa shape index (κ2) is 6.26. The first-order valence-corrected chi connectivity index (χ1v) is 6.26. The highest BCUT2D eigenvalue weighted by Gasteiger charge is 2.29. The van der Waals surface area contributed by atoms with Gasteiger partial charge in [-0.05, 0) is 40.5 Å². The van der Waals surface area contributed by atoms with Crippen molar-refractivity contribution in [1.82, 2.24) is 5.32 Å².